The maximum Gasteiger partial charge on any atom is 0.251 e. The van der Waals surface area contributed by atoms with Crippen LogP contribution in [0.3, 0.4) is 0 Å². The normalized spacial score (nSPS) is 12.2. The van der Waals surface area contributed by atoms with E-state index in [0.717, 1.165) is 0 Å². The van der Waals surface area contributed by atoms with Crippen LogP contribution in [0.15, 0.2) is 18.2 Å². The summed E-state index contributed by atoms with van der Waals surface area (Å²) in [5, 5.41) is 12.3. The van der Waals surface area contributed by atoms with Crippen molar-refractivity contribution < 1.29 is 9.90 Å². The van der Waals surface area contributed by atoms with Crippen molar-refractivity contribution in [1.29, 1.82) is 0 Å². The number of rotatable bonds is 4. The molecule has 0 radical (unpaired) electrons. The first-order valence-electron chi connectivity index (χ1n) is 5.41. The Morgan fingerprint density at radius 1 is 1.50 bits per heavy atom. The second-order valence-corrected chi connectivity index (χ2v) is 5.90. The largest absolute Gasteiger partial charge is 0.507 e. The predicted molar refractivity (Wildman–Crippen MR) is 83.7 cm³/mol. The van der Waals surface area contributed by atoms with Gasteiger partial charge in [0.25, 0.3) is 5.91 Å². The number of thiocarbonyl (C=S) groups is 1. The molecule has 1 atom stereocenters. The lowest BCUT2D eigenvalue weighted by molar-refractivity contribution is 0.0939. The minimum Gasteiger partial charge on any atom is -0.507 e. The Labute approximate surface area is 125 Å². The second-order valence-electron chi connectivity index (χ2n) is 4.26. The Balaban J connectivity index is 2.87. The molecule has 1 unspecified atom stereocenters. The monoisotopic (exact) mass is 378 g/mol. The summed E-state index contributed by atoms with van der Waals surface area (Å²) in [4.78, 5) is 12.2. The number of carbonyl (C=O) groups is 1. The summed E-state index contributed by atoms with van der Waals surface area (Å²) < 4.78 is 0.693. The van der Waals surface area contributed by atoms with Gasteiger partial charge in [-0.05, 0) is 46.7 Å². The highest BCUT2D eigenvalue weighted by Crippen LogP contribution is 2.20. The smallest absolute Gasteiger partial charge is 0.251 e. The lowest BCUT2D eigenvalue weighted by Gasteiger charge is -2.21. The molecule has 0 heterocycles. The fourth-order valence-electron chi connectivity index (χ4n) is 1.44. The van der Waals surface area contributed by atoms with Crippen LogP contribution in [0.1, 0.15) is 24.2 Å². The highest BCUT2D eigenvalue weighted by molar-refractivity contribution is 14.1. The van der Waals surface area contributed by atoms with Crippen molar-refractivity contribution in [2.45, 2.75) is 19.9 Å². The number of hydrogen-bond donors (Lipinski definition) is 3. The molecule has 0 bridgehead atoms. The quantitative estimate of drug-likeness (QED) is 0.554. The third-order valence-electron chi connectivity index (χ3n) is 2.47. The standard InChI is InChI=1S/C12H15IN2O2S/c1-6(2)10(11(14)18)15-12(17)7-3-4-8(13)9(16)5-7/h3-6,10,16H,1-2H3,(H2,14,18)(H,15,17). The second kappa shape index (κ2) is 6.33. The van der Waals surface area contributed by atoms with Crippen LogP contribution in [-0.4, -0.2) is 22.0 Å². The van der Waals surface area contributed by atoms with Gasteiger partial charge in [-0.1, -0.05) is 26.1 Å². The van der Waals surface area contributed by atoms with Gasteiger partial charge in [0.15, 0.2) is 0 Å². The van der Waals surface area contributed by atoms with Gasteiger partial charge >= 0.3 is 0 Å². The van der Waals surface area contributed by atoms with Gasteiger partial charge in [-0.3, -0.25) is 4.79 Å². The molecule has 0 aliphatic rings. The third kappa shape index (κ3) is 3.81. The van der Waals surface area contributed by atoms with Gasteiger partial charge < -0.3 is 16.2 Å². The van der Waals surface area contributed by atoms with E-state index in [1.165, 1.54) is 6.07 Å². The maximum atomic E-state index is 12.0. The summed E-state index contributed by atoms with van der Waals surface area (Å²) in [7, 11) is 0. The van der Waals surface area contributed by atoms with E-state index in [2.05, 4.69) is 5.32 Å². The zero-order valence-electron chi connectivity index (χ0n) is 10.1. The van der Waals surface area contributed by atoms with Crippen LogP contribution in [0, 0.1) is 9.49 Å². The fraction of sp³-hybridized carbons (Fsp3) is 0.333. The van der Waals surface area contributed by atoms with Gasteiger partial charge in [-0.2, -0.15) is 0 Å². The molecule has 0 spiro atoms. The molecule has 18 heavy (non-hydrogen) atoms. The lowest BCUT2D eigenvalue weighted by Crippen LogP contribution is -2.46. The van der Waals surface area contributed by atoms with Crippen LogP contribution in [0.25, 0.3) is 0 Å². The average Bonchev–Trinajstić information content (AvgIpc) is 2.28. The fourth-order valence-corrected chi connectivity index (χ4v) is 2.11. The van der Waals surface area contributed by atoms with Crippen molar-refractivity contribution >= 4 is 45.7 Å². The molecular formula is C12H15IN2O2S. The number of aromatic hydroxyl groups is 1. The topological polar surface area (TPSA) is 75.3 Å². The number of amides is 1. The SMILES string of the molecule is CC(C)C(NC(=O)c1ccc(I)c(O)c1)C(N)=S. The molecule has 4 N–H and O–H groups in total. The van der Waals surface area contributed by atoms with Crippen molar-refractivity contribution in [3.05, 3.63) is 27.3 Å². The van der Waals surface area contributed by atoms with Crippen molar-refractivity contribution in [2.75, 3.05) is 0 Å². The first-order chi connectivity index (χ1) is 8.32. The van der Waals surface area contributed by atoms with Crippen molar-refractivity contribution in [2.24, 2.45) is 11.7 Å². The lowest BCUT2D eigenvalue weighted by atomic mass is 10.0. The van der Waals surface area contributed by atoms with Crippen LogP contribution < -0.4 is 11.1 Å². The van der Waals surface area contributed by atoms with Crippen LogP contribution in [0.5, 0.6) is 5.75 Å². The van der Waals surface area contributed by atoms with E-state index >= 15 is 0 Å². The summed E-state index contributed by atoms with van der Waals surface area (Å²) in [5.74, 6) is -0.100. The summed E-state index contributed by atoms with van der Waals surface area (Å²) in [6.45, 7) is 3.85. The Morgan fingerprint density at radius 2 is 2.11 bits per heavy atom. The molecule has 4 nitrogen and oxygen atoms in total. The van der Waals surface area contributed by atoms with Gasteiger partial charge in [0.2, 0.25) is 0 Å². The molecule has 1 aromatic rings. The number of carbonyl (C=O) groups excluding carboxylic acids is 1. The molecule has 0 aliphatic heterocycles. The van der Waals surface area contributed by atoms with Gasteiger partial charge in [0.1, 0.15) is 5.75 Å². The van der Waals surface area contributed by atoms with Gasteiger partial charge in [-0.15, -0.1) is 0 Å². The van der Waals surface area contributed by atoms with Gasteiger partial charge in [-0.25, -0.2) is 0 Å². The van der Waals surface area contributed by atoms with Crippen LogP contribution in [0.2, 0.25) is 0 Å². The number of nitrogens with two attached hydrogens (primary N) is 1. The summed E-state index contributed by atoms with van der Waals surface area (Å²) in [6.07, 6.45) is 0. The molecule has 1 aromatic carbocycles. The molecule has 98 valence electrons. The predicted octanol–water partition coefficient (Wildman–Crippen LogP) is 2.04. The molecular weight excluding hydrogens is 363 g/mol. The number of hydrogen-bond acceptors (Lipinski definition) is 3. The van der Waals surface area contributed by atoms with Crippen molar-refractivity contribution in [1.82, 2.24) is 5.32 Å². The molecule has 1 rings (SSSR count). The number of benzene rings is 1. The van der Waals surface area contributed by atoms with Gasteiger partial charge in [0.05, 0.1) is 14.6 Å². The summed E-state index contributed by atoms with van der Waals surface area (Å²) in [5.41, 5.74) is 5.97. The number of phenolic OH excluding ortho intramolecular Hbond substituents is 1. The Kier molecular flexibility index (Phi) is 5.33. The van der Waals surface area contributed by atoms with E-state index in [0.29, 0.717) is 9.13 Å². The zero-order valence-corrected chi connectivity index (χ0v) is 13.1. The molecule has 6 heteroatoms. The van der Waals surface area contributed by atoms with Crippen LogP contribution >= 0.6 is 34.8 Å². The molecule has 0 fully saturated rings. The highest BCUT2D eigenvalue weighted by Gasteiger charge is 2.19. The summed E-state index contributed by atoms with van der Waals surface area (Å²) in [6, 6.07) is 4.39. The molecule has 0 aromatic heterocycles. The van der Waals surface area contributed by atoms with Crippen LogP contribution in [0.4, 0.5) is 0 Å². The number of nitrogens with one attached hydrogen (secondary N) is 1. The summed E-state index contributed by atoms with van der Waals surface area (Å²) >= 11 is 6.91. The van der Waals surface area contributed by atoms with E-state index in [1.54, 1.807) is 12.1 Å². The molecule has 0 aliphatic carbocycles. The first kappa shape index (κ1) is 15.2. The molecule has 0 saturated carbocycles. The van der Waals surface area contributed by atoms with Gasteiger partial charge in [0, 0.05) is 5.56 Å². The number of halogens is 1. The number of phenols is 1. The van der Waals surface area contributed by atoms with E-state index in [4.69, 9.17) is 18.0 Å². The van der Waals surface area contributed by atoms with Crippen molar-refractivity contribution in [3.63, 3.8) is 0 Å². The minimum absolute atomic E-state index is 0.0830. The van der Waals surface area contributed by atoms with E-state index < -0.39 is 0 Å². The molecule has 1 amide bonds. The molecule has 0 saturated heterocycles. The van der Waals surface area contributed by atoms with E-state index in [-0.39, 0.29) is 28.6 Å². The van der Waals surface area contributed by atoms with Crippen molar-refractivity contribution in [3.8, 4) is 5.75 Å². The third-order valence-corrected chi connectivity index (χ3v) is 3.63. The Hall–Kier alpha value is -0.890. The highest BCUT2D eigenvalue weighted by atomic mass is 127. The maximum absolute atomic E-state index is 12.0. The van der Waals surface area contributed by atoms with E-state index in [9.17, 15) is 9.90 Å². The minimum atomic E-state index is -0.353. The Bertz CT molecular complexity index is 477. The first-order valence-corrected chi connectivity index (χ1v) is 6.90. The Morgan fingerprint density at radius 3 is 2.56 bits per heavy atom. The van der Waals surface area contributed by atoms with E-state index in [1.807, 2.05) is 36.4 Å². The van der Waals surface area contributed by atoms with Crippen LogP contribution in [-0.2, 0) is 0 Å². The zero-order chi connectivity index (χ0) is 13.9. The average molecular weight is 378 g/mol.